The molecule has 106 valence electrons. The van der Waals surface area contributed by atoms with E-state index in [1.807, 2.05) is 0 Å². The fourth-order valence-electron chi connectivity index (χ4n) is 2.22. The van der Waals surface area contributed by atoms with E-state index in [2.05, 4.69) is 29.4 Å². The third kappa shape index (κ3) is 5.98. The van der Waals surface area contributed by atoms with Crippen LogP contribution < -0.4 is 10.6 Å². The summed E-state index contributed by atoms with van der Waals surface area (Å²) < 4.78 is 4.99. The molecule has 5 heteroatoms. The molecule has 18 heavy (non-hydrogen) atoms. The predicted molar refractivity (Wildman–Crippen MR) is 79.9 cm³/mol. The maximum absolute atomic E-state index is 5.24. The van der Waals surface area contributed by atoms with E-state index < -0.39 is 0 Å². The second kappa shape index (κ2) is 8.67. The van der Waals surface area contributed by atoms with E-state index in [0.717, 1.165) is 37.1 Å². The van der Waals surface area contributed by atoms with E-state index in [1.54, 1.807) is 7.11 Å². The van der Waals surface area contributed by atoms with Crippen LogP contribution in [-0.4, -0.2) is 55.9 Å². The molecule has 1 unspecified atom stereocenters. The number of likely N-dealkylation sites (tertiary alicyclic amines) is 1. The molecule has 0 aromatic heterocycles. The zero-order valence-electron chi connectivity index (χ0n) is 11.9. The van der Waals surface area contributed by atoms with Crippen molar-refractivity contribution in [2.24, 2.45) is 5.92 Å². The first-order valence-electron chi connectivity index (χ1n) is 6.88. The maximum atomic E-state index is 5.24. The zero-order chi connectivity index (χ0) is 13.4. The van der Waals surface area contributed by atoms with E-state index in [-0.39, 0.29) is 0 Å². The fraction of sp³-hybridized carbons (Fsp3) is 0.923. The van der Waals surface area contributed by atoms with Gasteiger partial charge in [0.2, 0.25) is 0 Å². The highest BCUT2D eigenvalue weighted by Gasteiger charge is 2.23. The minimum Gasteiger partial charge on any atom is -0.385 e. The molecule has 1 aliphatic rings. The summed E-state index contributed by atoms with van der Waals surface area (Å²) in [4.78, 5) is 2.53. The molecular formula is C13H27N3OS. The second-order valence-corrected chi connectivity index (χ2v) is 5.63. The molecule has 0 amide bonds. The average molecular weight is 273 g/mol. The summed E-state index contributed by atoms with van der Waals surface area (Å²) >= 11 is 5.24. The summed E-state index contributed by atoms with van der Waals surface area (Å²) in [7, 11) is 1.72. The molecule has 0 bridgehead atoms. The molecule has 0 aromatic carbocycles. The quantitative estimate of drug-likeness (QED) is 0.539. The Labute approximate surface area is 116 Å². The number of ether oxygens (including phenoxy) is 1. The Balaban J connectivity index is 2.05. The molecule has 1 saturated heterocycles. The zero-order valence-corrected chi connectivity index (χ0v) is 12.7. The van der Waals surface area contributed by atoms with Crippen molar-refractivity contribution < 1.29 is 4.74 Å². The minimum absolute atomic E-state index is 0.661. The summed E-state index contributed by atoms with van der Waals surface area (Å²) in [5.41, 5.74) is 0. The number of thiocarbonyl (C=S) groups is 1. The van der Waals surface area contributed by atoms with E-state index in [1.165, 1.54) is 19.5 Å². The standard InChI is InChI=1S/C13H27N3OS/c1-11(2)16-7-5-12(10-16)9-15-13(18)14-6-4-8-17-3/h11-12H,4-10H2,1-3H3,(H2,14,15,18). The first-order valence-corrected chi connectivity index (χ1v) is 7.29. The number of hydrogen-bond donors (Lipinski definition) is 2. The lowest BCUT2D eigenvalue weighted by Crippen LogP contribution is -2.39. The van der Waals surface area contributed by atoms with Crippen LogP contribution in [-0.2, 0) is 4.74 Å². The molecule has 4 nitrogen and oxygen atoms in total. The van der Waals surface area contributed by atoms with Crippen LogP contribution in [0, 0.1) is 5.92 Å². The molecule has 1 heterocycles. The number of methoxy groups -OCH3 is 1. The Hall–Kier alpha value is -0.390. The van der Waals surface area contributed by atoms with Gasteiger partial charge in [-0.05, 0) is 51.4 Å². The van der Waals surface area contributed by atoms with Gasteiger partial charge in [0.15, 0.2) is 5.11 Å². The minimum atomic E-state index is 0.661. The Morgan fingerprint density at radius 2 is 2.22 bits per heavy atom. The molecule has 2 N–H and O–H groups in total. The molecule has 0 spiro atoms. The fourth-order valence-corrected chi connectivity index (χ4v) is 2.40. The van der Waals surface area contributed by atoms with Crippen LogP contribution in [0.4, 0.5) is 0 Å². The first-order chi connectivity index (χ1) is 8.63. The van der Waals surface area contributed by atoms with Gasteiger partial charge in [-0.15, -0.1) is 0 Å². The molecule has 0 saturated carbocycles. The van der Waals surface area contributed by atoms with E-state index in [0.29, 0.717) is 6.04 Å². The largest absolute Gasteiger partial charge is 0.385 e. The van der Waals surface area contributed by atoms with Crippen molar-refractivity contribution in [2.45, 2.75) is 32.7 Å². The van der Waals surface area contributed by atoms with Crippen molar-refractivity contribution in [3.8, 4) is 0 Å². The number of hydrogen-bond acceptors (Lipinski definition) is 3. The van der Waals surface area contributed by atoms with Crippen LogP contribution in [0.15, 0.2) is 0 Å². The summed E-state index contributed by atoms with van der Waals surface area (Å²) in [6.07, 6.45) is 2.26. The molecule has 0 aliphatic carbocycles. The van der Waals surface area contributed by atoms with Crippen molar-refractivity contribution in [3.05, 3.63) is 0 Å². The van der Waals surface area contributed by atoms with E-state index in [9.17, 15) is 0 Å². The molecule has 1 fully saturated rings. The van der Waals surface area contributed by atoms with Crippen LogP contribution in [0.5, 0.6) is 0 Å². The highest BCUT2D eigenvalue weighted by atomic mass is 32.1. The lowest BCUT2D eigenvalue weighted by atomic mass is 10.1. The van der Waals surface area contributed by atoms with Crippen LogP contribution in [0.2, 0.25) is 0 Å². The summed E-state index contributed by atoms with van der Waals surface area (Å²) in [6.45, 7) is 9.58. The number of nitrogens with zero attached hydrogens (tertiary/aromatic N) is 1. The van der Waals surface area contributed by atoms with Gasteiger partial charge in [0.25, 0.3) is 0 Å². The van der Waals surface area contributed by atoms with Gasteiger partial charge in [-0.2, -0.15) is 0 Å². The molecule has 1 aliphatic heterocycles. The number of nitrogens with one attached hydrogen (secondary N) is 2. The highest BCUT2D eigenvalue weighted by molar-refractivity contribution is 7.80. The third-order valence-corrected chi connectivity index (χ3v) is 3.70. The lowest BCUT2D eigenvalue weighted by molar-refractivity contribution is 0.195. The SMILES string of the molecule is COCCCNC(=S)NCC1CCN(C(C)C)C1. The lowest BCUT2D eigenvalue weighted by Gasteiger charge is -2.20. The highest BCUT2D eigenvalue weighted by Crippen LogP contribution is 2.17. The van der Waals surface area contributed by atoms with E-state index in [4.69, 9.17) is 17.0 Å². The van der Waals surface area contributed by atoms with Gasteiger partial charge in [0, 0.05) is 39.4 Å². The van der Waals surface area contributed by atoms with Crippen LogP contribution in [0.3, 0.4) is 0 Å². The summed E-state index contributed by atoms with van der Waals surface area (Å²) in [5.74, 6) is 0.728. The van der Waals surface area contributed by atoms with Crippen LogP contribution in [0.1, 0.15) is 26.7 Å². The Bertz CT molecular complexity index is 248. The van der Waals surface area contributed by atoms with Gasteiger partial charge in [-0.25, -0.2) is 0 Å². The van der Waals surface area contributed by atoms with Crippen molar-refractivity contribution in [1.82, 2.24) is 15.5 Å². The van der Waals surface area contributed by atoms with Crippen LogP contribution >= 0.6 is 12.2 Å². The first kappa shape index (κ1) is 15.7. The molecule has 0 aromatic rings. The van der Waals surface area contributed by atoms with Crippen LogP contribution in [0.25, 0.3) is 0 Å². The second-order valence-electron chi connectivity index (χ2n) is 5.23. The van der Waals surface area contributed by atoms with Gasteiger partial charge in [-0.1, -0.05) is 0 Å². The maximum Gasteiger partial charge on any atom is 0.166 e. The molecular weight excluding hydrogens is 246 g/mol. The molecule has 1 rings (SSSR count). The topological polar surface area (TPSA) is 36.5 Å². The van der Waals surface area contributed by atoms with Crippen molar-refractivity contribution in [2.75, 3.05) is 39.9 Å². The van der Waals surface area contributed by atoms with Gasteiger partial charge in [-0.3, -0.25) is 0 Å². The normalized spacial score (nSPS) is 20.3. The van der Waals surface area contributed by atoms with Gasteiger partial charge >= 0.3 is 0 Å². The Kier molecular flexibility index (Phi) is 7.54. The molecule has 1 atom stereocenters. The number of rotatable bonds is 7. The van der Waals surface area contributed by atoms with Gasteiger partial charge < -0.3 is 20.3 Å². The monoisotopic (exact) mass is 273 g/mol. The smallest absolute Gasteiger partial charge is 0.166 e. The summed E-state index contributed by atoms with van der Waals surface area (Å²) in [6, 6.07) is 0.661. The van der Waals surface area contributed by atoms with Crippen molar-refractivity contribution >= 4 is 17.3 Å². The van der Waals surface area contributed by atoms with Crippen molar-refractivity contribution in [3.63, 3.8) is 0 Å². The molecule has 0 radical (unpaired) electrons. The Morgan fingerprint density at radius 3 is 2.83 bits per heavy atom. The predicted octanol–water partition coefficient (Wildman–Crippen LogP) is 1.22. The third-order valence-electron chi connectivity index (χ3n) is 3.41. The van der Waals surface area contributed by atoms with Crippen molar-refractivity contribution in [1.29, 1.82) is 0 Å². The van der Waals surface area contributed by atoms with Gasteiger partial charge in [0.1, 0.15) is 0 Å². The summed E-state index contributed by atoms with van der Waals surface area (Å²) in [5, 5.41) is 7.29. The average Bonchev–Trinajstić information content (AvgIpc) is 2.81. The Morgan fingerprint density at radius 1 is 1.44 bits per heavy atom. The van der Waals surface area contributed by atoms with E-state index >= 15 is 0 Å². The van der Waals surface area contributed by atoms with Gasteiger partial charge in [0.05, 0.1) is 0 Å².